The lowest BCUT2D eigenvalue weighted by Crippen LogP contribution is -2.54. The molecule has 0 radical (unpaired) electrons. The van der Waals surface area contributed by atoms with Crippen LogP contribution in [-0.4, -0.2) is 57.0 Å². The average Bonchev–Trinajstić information content (AvgIpc) is 2.94. The second kappa shape index (κ2) is 13.7. The highest BCUT2D eigenvalue weighted by molar-refractivity contribution is 7.92. The molecular weight excluding hydrogens is 561 g/mol. The number of sulfonamides is 1. The third kappa shape index (κ3) is 8.45. The van der Waals surface area contributed by atoms with Crippen molar-refractivity contribution in [3.63, 3.8) is 0 Å². The first-order valence-electron chi connectivity index (χ1n) is 13.5. The number of amides is 2. The van der Waals surface area contributed by atoms with Crippen LogP contribution in [0, 0.1) is 5.82 Å². The second-order valence-corrected chi connectivity index (χ2v) is 12.5. The Kier molecular flexibility index (Phi) is 10.6. The summed E-state index contributed by atoms with van der Waals surface area (Å²) in [5.41, 5.74) is 0.362. The fraction of sp³-hybridized carbons (Fsp3) is 0.355. The number of hydrogen-bond donors (Lipinski definition) is 1. The summed E-state index contributed by atoms with van der Waals surface area (Å²) in [4.78, 5) is 28.3. The Morgan fingerprint density at radius 3 is 2.02 bits per heavy atom. The van der Waals surface area contributed by atoms with E-state index in [0.717, 1.165) is 28.6 Å². The first kappa shape index (κ1) is 32.4. The molecule has 3 aromatic carbocycles. The van der Waals surface area contributed by atoms with Gasteiger partial charge in [0, 0.05) is 12.1 Å². The summed E-state index contributed by atoms with van der Waals surface area (Å²) < 4.78 is 53.0. The standard InChI is InChI=1S/C31H38FN3O6S/c1-7-41-27-16-12-25(13-17-27)35(42(38,39)28-18-10-24(32)11-19-28)21-29(36)34(22(2)30(37)33-31(3,4)5)20-23-8-14-26(40-6)15-9-23/h8-19,22H,7,20-21H2,1-6H3,(H,33,37). The molecule has 226 valence electrons. The minimum absolute atomic E-state index is 0.0370. The van der Waals surface area contributed by atoms with Gasteiger partial charge in [-0.15, -0.1) is 0 Å². The fourth-order valence-electron chi connectivity index (χ4n) is 4.12. The zero-order valence-corrected chi connectivity index (χ0v) is 25.6. The Morgan fingerprint density at radius 1 is 0.929 bits per heavy atom. The van der Waals surface area contributed by atoms with Crippen molar-refractivity contribution in [1.29, 1.82) is 0 Å². The zero-order valence-electron chi connectivity index (χ0n) is 24.8. The number of anilines is 1. The Bertz CT molecular complexity index is 1450. The third-order valence-corrected chi connectivity index (χ3v) is 8.08. The summed E-state index contributed by atoms with van der Waals surface area (Å²) in [5.74, 6) is -0.440. The van der Waals surface area contributed by atoms with Gasteiger partial charge in [-0.3, -0.25) is 13.9 Å². The summed E-state index contributed by atoms with van der Waals surface area (Å²) >= 11 is 0. The maximum atomic E-state index is 14.0. The van der Waals surface area contributed by atoms with Gasteiger partial charge in [-0.05, 0) is 101 Å². The molecule has 0 fully saturated rings. The molecule has 0 saturated heterocycles. The summed E-state index contributed by atoms with van der Waals surface area (Å²) in [6.07, 6.45) is 0. The van der Waals surface area contributed by atoms with Crippen LogP contribution in [0.5, 0.6) is 11.5 Å². The van der Waals surface area contributed by atoms with E-state index in [9.17, 15) is 22.4 Å². The monoisotopic (exact) mass is 599 g/mol. The summed E-state index contributed by atoms with van der Waals surface area (Å²) in [7, 11) is -2.78. The summed E-state index contributed by atoms with van der Waals surface area (Å²) in [6.45, 7) is 8.75. The highest BCUT2D eigenvalue weighted by Crippen LogP contribution is 2.27. The van der Waals surface area contributed by atoms with E-state index in [1.807, 2.05) is 27.7 Å². The Morgan fingerprint density at radius 2 is 1.50 bits per heavy atom. The van der Waals surface area contributed by atoms with E-state index in [4.69, 9.17) is 9.47 Å². The van der Waals surface area contributed by atoms with Crippen molar-refractivity contribution >= 4 is 27.5 Å². The molecule has 11 heteroatoms. The largest absolute Gasteiger partial charge is 0.497 e. The fourth-order valence-corrected chi connectivity index (χ4v) is 5.54. The van der Waals surface area contributed by atoms with E-state index in [-0.39, 0.29) is 17.1 Å². The molecule has 0 heterocycles. The molecule has 9 nitrogen and oxygen atoms in total. The smallest absolute Gasteiger partial charge is 0.264 e. The Hall–Kier alpha value is -4.12. The lowest BCUT2D eigenvalue weighted by Gasteiger charge is -2.33. The molecular formula is C31H38FN3O6S. The van der Waals surface area contributed by atoms with Crippen molar-refractivity contribution in [3.8, 4) is 11.5 Å². The zero-order chi connectivity index (χ0) is 31.1. The molecule has 1 unspecified atom stereocenters. The second-order valence-electron chi connectivity index (χ2n) is 10.7. The van der Waals surface area contributed by atoms with Crippen LogP contribution in [0.3, 0.4) is 0 Å². The van der Waals surface area contributed by atoms with Crippen LogP contribution in [0.15, 0.2) is 77.7 Å². The molecule has 42 heavy (non-hydrogen) atoms. The minimum atomic E-state index is -4.32. The van der Waals surface area contributed by atoms with Crippen LogP contribution in [-0.2, 0) is 26.2 Å². The van der Waals surface area contributed by atoms with Gasteiger partial charge in [-0.2, -0.15) is 0 Å². The number of nitrogens with zero attached hydrogens (tertiary/aromatic N) is 2. The number of rotatable bonds is 12. The molecule has 0 aliphatic heterocycles. The molecule has 0 spiro atoms. The maximum Gasteiger partial charge on any atom is 0.264 e. The maximum absolute atomic E-state index is 14.0. The molecule has 1 atom stereocenters. The highest BCUT2D eigenvalue weighted by atomic mass is 32.2. The van der Waals surface area contributed by atoms with Crippen molar-refractivity contribution in [3.05, 3.63) is 84.2 Å². The molecule has 0 aliphatic carbocycles. The lowest BCUT2D eigenvalue weighted by molar-refractivity contribution is -0.140. The van der Waals surface area contributed by atoms with E-state index in [1.54, 1.807) is 50.4 Å². The first-order valence-corrected chi connectivity index (χ1v) is 14.9. The van der Waals surface area contributed by atoms with E-state index in [0.29, 0.717) is 23.7 Å². The number of halogens is 1. The number of carbonyl (C=O) groups is 2. The van der Waals surface area contributed by atoms with Crippen molar-refractivity contribution < 1.29 is 31.9 Å². The van der Waals surface area contributed by atoms with Crippen LogP contribution < -0.4 is 19.1 Å². The number of benzene rings is 3. The third-order valence-electron chi connectivity index (χ3n) is 6.29. The predicted molar refractivity (Wildman–Crippen MR) is 159 cm³/mol. The number of hydrogen-bond acceptors (Lipinski definition) is 6. The molecule has 3 aromatic rings. The number of ether oxygens (including phenoxy) is 2. The van der Waals surface area contributed by atoms with Crippen LogP contribution in [0.4, 0.5) is 10.1 Å². The molecule has 0 bridgehead atoms. The quantitative estimate of drug-likeness (QED) is 0.322. The predicted octanol–water partition coefficient (Wildman–Crippen LogP) is 4.76. The SMILES string of the molecule is CCOc1ccc(N(CC(=O)N(Cc2ccc(OC)cc2)C(C)C(=O)NC(C)(C)C)S(=O)(=O)c2ccc(F)cc2)cc1. The van der Waals surface area contributed by atoms with E-state index < -0.39 is 45.8 Å². The number of nitrogens with one attached hydrogen (secondary N) is 1. The number of methoxy groups -OCH3 is 1. The molecule has 1 N–H and O–H groups in total. The topological polar surface area (TPSA) is 105 Å². The number of carbonyl (C=O) groups excluding carboxylic acids is 2. The van der Waals surface area contributed by atoms with E-state index >= 15 is 0 Å². The van der Waals surface area contributed by atoms with Gasteiger partial charge in [0.2, 0.25) is 11.8 Å². The summed E-state index contributed by atoms with van der Waals surface area (Å²) in [5, 5.41) is 2.89. The van der Waals surface area contributed by atoms with Crippen molar-refractivity contribution in [2.24, 2.45) is 0 Å². The average molecular weight is 600 g/mol. The molecule has 2 amide bonds. The van der Waals surface area contributed by atoms with Gasteiger partial charge in [0.05, 0.1) is 24.3 Å². The van der Waals surface area contributed by atoms with Gasteiger partial charge in [0.1, 0.15) is 29.9 Å². The van der Waals surface area contributed by atoms with Gasteiger partial charge < -0.3 is 19.7 Å². The highest BCUT2D eigenvalue weighted by Gasteiger charge is 2.33. The van der Waals surface area contributed by atoms with Gasteiger partial charge in [-0.1, -0.05) is 12.1 Å². The molecule has 0 saturated carbocycles. The normalized spacial score (nSPS) is 12.3. The van der Waals surface area contributed by atoms with Crippen LogP contribution in [0.25, 0.3) is 0 Å². The molecule has 3 rings (SSSR count). The summed E-state index contributed by atoms with van der Waals surface area (Å²) in [6, 6.07) is 16.7. The molecule has 0 aromatic heterocycles. The van der Waals surface area contributed by atoms with E-state index in [1.165, 1.54) is 17.0 Å². The van der Waals surface area contributed by atoms with Gasteiger partial charge in [-0.25, -0.2) is 12.8 Å². The van der Waals surface area contributed by atoms with Crippen LogP contribution in [0.2, 0.25) is 0 Å². The van der Waals surface area contributed by atoms with Crippen molar-refractivity contribution in [1.82, 2.24) is 10.2 Å². The van der Waals surface area contributed by atoms with E-state index in [2.05, 4.69) is 5.32 Å². The van der Waals surface area contributed by atoms with Crippen LogP contribution >= 0.6 is 0 Å². The van der Waals surface area contributed by atoms with Gasteiger partial charge >= 0.3 is 0 Å². The van der Waals surface area contributed by atoms with Crippen molar-refractivity contribution in [2.45, 2.75) is 57.6 Å². The Labute approximate surface area is 247 Å². The van der Waals surface area contributed by atoms with Crippen LogP contribution in [0.1, 0.15) is 40.2 Å². The van der Waals surface area contributed by atoms with Crippen molar-refractivity contribution in [2.75, 3.05) is 24.6 Å². The van der Waals surface area contributed by atoms with Gasteiger partial charge in [0.25, 0.3) is 10.0 Å². The minimum Gasteiger partial charge on any atom is -0.497 e. The Balaban J connectivity index is 2.03. The first-order chi connectivity index (χ1) is 19.7. The molecule has 0 aliphatic rings. The van der Waals surface area contributed by atoms with Gasteiger partial charge in [0.15, 0.2) is 0 Å². The lowest BCUT2D eigenvalue weighted by atomic mass is 10.1.